The van der Waals surface area contributed by atoms with E-state index < -0.39 is 24.5 Å². The maximum atomic E-state index is 13.1. The number of hydrogen-bond acceptors (Lipinski definition) is 4. The van der Waals surface area contributed by atoms with Gasteiger partial charge in [0.15, 0.2) is 0 Å². The number of amides is 3. The average Bonchev–Trinajstić information content (AvgIpc) is 2.81. The number of benzene rings is 3. The summed E-state index contributed by atoms with van der Waals surface area (Å²) < 4.78 is 5.13. The number of ether oxygens (including phenoxy) is 1. The van der Waals surface area contributed by atoms with E-state index in [1.807, 2.05) is 42.5 Å². The van der Waals surface area contributed by atoms with E-state index in [4.69, 9.17) is 9.84 Å². The van der Waals surface area contributed by atoms with E-state index in [1.165, 1.54) is 0 Å². The number of carboxylic acids is 1. The molecule has 158 valence electrons. The molecule has 7 nitrogen and oxygen atoms in total. The van der Waals surface area contributed by atoms with E-state index >= 15 is 0 Å². The van der Waals surface area contributed by atoms with Gasteiger partial charge in [0.05, 0.1) is 13.7 Å². The van der Waals surface area contributed by atoms with E-state index in [9.17, 15) is 14.4 Å². The first-order chi connectivity index (χ1) is 15.0. The second-order valence-corrected chi connectivity index (χ2v) is 6.74. The molecule has 0 aromatic heterocycles. The summed E-state index contributed by atoms with van der Waals surface area (Å²) in [5.41, 5.74) is 2.96. The highest BCUT2D eigenvalue weighted by Crippen LogP contribution is 2.21. The van der Waals surface area contributed by atoms with Gasteiger partial charge in [-0.1, -0.05) is 54.6 Å². The Morgan fingerprint density at radius 1 is 0.871 bits per heavy atom. The molecule has 0 aliphatic heterocycles. The molecule has 0 heterocycles. The number of nitrogens with one attached hydrogen (secondary N) is 1. The first-order valence-corrected chi connectivity index (χ1v) is 9.58. The summed E-state index contributed by atoms with van der Waals surface area (Å²) in [6, 6.07) is 22.8. The van der Waals surface area contributed by atoms with Crippen LogP contribution in [0.1, 0.15) is 15.9 Å². The van der Waals surface area contributed by atoms with Gasteiger partial charge < -0.3 is 15.2 Å². The fourth-order valence-electron chi connectivity index (χ4n) is 2.99. The Balaban J connectivity index is 1.83. The summed E-state index contributed by atoms with van der Waals surface area (Å²) >= 11 is 0. The van der Waals surface area contributed by atoms with Gasteiger partial charge in [-0.05, 0) is 41.0 Å². The molecule has 0 atom stereocenters. The van der Waals surface area contributed by atoms with Crippen LogP contribution in [0.15, 0.2) is 78.9 Å². The SMILES string of the molecule is COc1ccc(CN(C(=O)NCC(=O)O)C(=O)c2ccc(-c3ccccc3)cc2)cc1. The van der Waals surface area contributed by atoms with Crippen LogP contribution in [0.2, 0.25) is 0 Å². The molecule has 0 aliphatic carbocycles. The van der Waals surface area contributed by atoms with Gasteiger partial charge in [0.25, 0.3) is 5.91 Å². The molecule has 3 rings (SSSR count). The highest BCUT2D eigenvalue weighted by molar-refractivity contribution is 6.04. The van der Waals surface area contributed by atoms with Crippen LogP contribution in [0.3, 0.4) is 0 Å². The summed E-state index contributed by atoms with van der Waals surface area (Å²) in [6.45, 7) is -0.604. The third-order valence-electron chi connectivity index (χ3n) is 4.62. The number of carbonyl (C=O) groups is 3. The average molecular weight is 418 g/mol. The lowest BCUT2D eigenvalue weighted by atomic mass is 10.0. The summed E-state index contributed by atoms with van der Waals surface area (Å²) in [5, 5.41) is 11.1. The van der Waals surface area contributed by atoms with Gasteiger partial charge in [0.1, 0.15) is 12.3 Å². The molecule has 0 bridgehead atoms. The van der Waals surface area contributed by atoms with Crippen molar-refractivity contribution in [3.63, 3.8) is 0 Å². The van der Waals surface area contributed by atoms with Crippen LogP contribution in [0.5, 0.6) is 5.75 Å². The lowest BCUT2D eigenvalue weighted by Gasteiger charge is -2.21. The Bertz CT molecular complexity index is 1050. The quantitative estimate of drug-likeness (QED) is 0.609. The van der Waals surface area contributed by atoms with E-state index in [2.05, 4.69) is 5.32 Å². The van der Waals surface area contributed by atoms with Crippen molar-refractivity contribution in [2.45, 2.75) is 6.54 Å². The Hall–Kier alpha value is -4.13. The van der Waals surface area contributed by atoms with Crippen LogP contribution < -0.4 is 10.1 Å². The monoisotopic (exact) mass is 418 g/mol. The van der Waals surface area contributed by atoms with Crippen molar-refractivity contribution in [2.75, 3.05) is 13.7 Å². The van der Waals surface area contributed by atoms with E-state index in [1.54, 1.807) is 43.5 Å². The zero-order valence-corrected chi connectivity index (χ0v) is 16.9. The fraction of sp³-hybridized carbons (Fsp3) is 0.125. The van der Waals surface area contributed by atoms with Gasteiger partial charge in [-0.15, -0.1) is 0 Å². The van der Waals surface area contributed by atoms with E-state index in [0.29, 0.717) is 16.9 Å². The lowest BCUT2D eigenvalue weighted by molar-refractivity contribution is -0.135. The van der Waals surface area contributed by atoms with Gasteiger partial charge in [-0.2, -0.15) is 0 Å². The Morgan fingerprint density at radius 2 is 1.48 bits per heavy atom. The Morgan fingerprint density at radius 3 is 2.06 bits per heavy atom. The largest absolute Gasteiger partial charge is 0.497 e. The van der Waals surface area contributed by atoms with Gasteiger partial charge >= 0.3 is 12.0 Å². The molecular formula is C24H22N2O5. The van der Waals surface area contributed by atoms with Crippen LogP contribution in [0.25, 0.3) is 11.1 Å². The molecule has 0 fully saturated rings. The normalized spacial score (nSPS) is 10.2. The lowest BCUT2D eigenvalue weighted by Crippen LogP contribution is -2.44. The third-order valence-corrected chi connectivity index (χ3v) is 4.62. The summed E-state index contributed by atoms with van der Waals surface area (Å²) in [6.07, 6.45) is 0. The molecule has 0 unspecified atom stereocenters. The minimum absolute atomic E-state index is 0.0191. The van der Waals surface area contributed by atoms with Crippen molar-refractivity contribution in [2.24, 2.45) is 0 Å². The molecule has 0 saturated carbocycles. The van der Waals surface area contributed by atoms with Crippen molar-refractivity contribution in [1.82, 2.24) is 10.2 Å². The predicted octanol–water partition coefficient (Wildman–Crippen LogP) is 3.80. The minimum Gasteiger partial charge on any atom is -0.497 e. The number of hydrogen-bond donors (Lipinski definition) is 2. The van der Waals surface area contributed by atoms with Gasteiger partial charge in [-0.25, -0.2) is 4.79 Å². The molecule has 0 spiro atoms. The molecule has 2 N–H and O–H groups in total. The molecule has 0 saturated heterocycles. The van der Waals surface area contributed by atoms with Crippen molar-refractivity contribution in [3.8, 4) is 16.9 Å². The molecule has 7 heteroatoms. The fourth-order valence-corrected chi connectivity index (χ4v) is 2.99. The highest BCUT2D eigenvalue weighted by atomic mass is 16.5. The number of urea groups is 1. The van der Waals surface area contributed by atoms with Gasteiger partial charge in [0.2, 0.25) is 0 Å². The Labute approximate surface area is 179 Å². The number of imide groups is 1. The summed E-state index contributed by atoms with van der Waals surface area (Å²) in [7, 11) is 1.54. The second kappa shape index (κ2) is 10.1. The van der Waals surface area contributed by atoms with Crippen LogP contribution in [-0.2, 0) is 11.3 Å². The summed E-state index contributed by atoms with van der Waals surface area (Å²) in [5.74, 6) is -1.08. The van der Waals surface area contributed by atoms with Crippen LogP contribution >= 0.6 is 0 Å². The van der Waals surface area contributed by atoms with Gasteiger partial charge in [0, 0.05) is 5.56 Å². The number of carbonyl (C=O) groups excluding carboxylic acids is 2. The minimum atomic E-state index is -1.20. The number of methoxy groups -OCH3 is 1. The molecule has 0 radical (unpaired) electrons. The van der Waals surface area contributed by atoms with Gasteiger partial charge in [-0.3, -0.25) is 14.5 Å². The van der Waals surface area contributed by atoms with Crippen LogP contribution in [0, 0.1) is 0 Å². The maximum absolute atomic E-state index is 13.1. The first kappa shape index (κ1) is 21.6. The van der Waals surface area contributed by atoms with Crippen molar-refractivity contribution < 1.29 is 24.2 Å². The molecule has 3 aromatic rings. The molecular weight excluding hydrogens is 396 g/mol. The molecule has 0 aliphatic rings. The number of rotatable bonds is 7. The molecule has 3 aromatic carbocycles. The molecule has 3 amide bonds. The topological polar surface area (TPSA) is 95.9 Å². The van der Waals surface area contributed by atoms with Crippen molar-refractivity contribution in [1.29, 1.82) is 0 Å². The Kier molecular flexibility index (Phi) is 7.01. The standard InChI is InChI=1S/C24H22N2O5/c1-31-21-13-7-17(8-14-21)16-26(24(30)25-15-22(27)28)23(29)20-11-9-19(10-12-20)18-5-3-2-4-6-18/h2-14H,15-16H2,1H3,(H,25,30)(H,27,28). The zero-order valence-electron chi connectivity index (χ0n) is 16.9. The predicted molar refractivity (Wildman–Crippen MR) is 116 cm³/mol. The van der Waals surface area contributed by atoms with Crippen molar-refractivity contribution >= 4 is 17.9 Å². The van der Waals surface area contributed by atoms with E-state index in [-0.39, 0.29) is 6.54 Å². The second-order valence-electron chi connectivity index (χ2n) is 6.74. The first-order valence-electron chi connectivity index (χ1n) is 9.58. The third kappa shape index (κ3) is 5.70. The van der Waals surface area contributed by atoms with Crippen molar-refractivity contribution in [3.05, 3.63) is 90.0 Å². The number of nitrogens with zero attached hydrogens (tertiary/aromatic N) is 1. The maximum Gasteiger partial charge on any atom is 0.325 e. The summed E-state index contributed by atoms with van der Waals surface area (Å²) in [4.78, 5) is 37.5. The van der Waals surface area contributed by atoms with Crippen LogP contribution in [0.4, 0.5) is 4.79 Å². The van der Waals surface area contributed by atoms with E-state index in [0.717, 1.165) is 16.0 Å². The molecule has 31 heavy (non-hydrogen) atoms. The zero-order chi connectivity index (χ0) is 22.2. The smallest absolute Gasteiger partial charge is 0.325 e. The highest BCUT2D eigenvalue weighted by Gasteiger charge is 2.23. The number of aliphatic carboxylic acids is 1. The van der Waals surface area contributed by atoms with Crippen LogP contribution in [-0.4, -0.2) is 41.6 Å². The number of carboxylic acid groups (broad SMARTS) is 1.